The van der Waals surface area contributed by atoms with Gasteiger partial charge in [-0.1, -0.05) is 23.2 Å². The molecule has 4 saturated heterocycles. The molecule has 1 atom stereocenters. The van der Waals surface area contributed by atoms with Crippen molar-refractivity contribution in [3.05, 3.63) is 33.8 Å². The third-order valence-corrected chi connectivity index (χ3v) is 6.60. The maximum atomic E-state index is 12.7. The van der Waals surface area contributed by atoms with Crippen LogP contribution in [0, 0.1) is 5.92 Å². The van der Waals surface area contributed by atoms with Gasteiger partial charge in [0.25, 0.3) is 5.91 Å². The van der Waals surface area contributed by atoms with Gasteiger partial charge in [-0.25, -0.2) is 0 Å². The third kappa shape index (κ3) is 3.17. The molecule has 130 valence electrons. The summed E-state index contributed by atoms with van der Waals surface area (Å²) in [5.74, 6) is 0.912. The Morgan fingerprint density at radius 1 is 0.958 bits per heavy atom. The minimum atomic E-state index is 0.0575. The first-order valence-electron chi connectivity index (χ1n) is 8.82. The summed E-state index contributed by atoms with van der Waals surface area (Å²) < 4.78 is 0. The van der Waals surface area contributed by atoms with E-state index in [4.69, 9.17) is 23.2 Å². The summed E-state index contributed by atoms with van der Waals surface area (Å²) in [6, 6.07) is 5.82. The molecule has 1 aromatic rings. The average Bonchev–Trinajstić information content (AvgIpc) is 2.64. The minimum absolute atomic E-state index is 0.0575. The quantitative estimate of drug-likeness (QED) is 0.803. The molecule has 6 heteroatoms. The Labute approximate surface area is 153 Å². The Morgan fingerprint density at radius 2 is 1.67 bits per heavy atom. The molecule has 0 N–H and O–H groups in total. The molecule has 4 heterocycles. The Kier molecular flexibility index (Phi) is 4.74. The number of hydrogen-bond acceptors (Lipinski definition) is 3. The van der Waals surface area contributed by atoms with Crippen molar-refractivity contribution in [1.29, 1.82) is 0 Å². The van der Waals surface area contributed by atoms with Gasteiger partial charge in [0.2, 0.25) is 0 Å². The molecular weight excluding hydrogens is 345 g/mol. The van der Waals surface area contributed by atoms with E-state index in [1.165, 1.54) is 32.5 Å². The lowest BCUT2D eigenvalue weighted by molar-refractivity contribution is -0.0131. The van der Waals surface area contributed by atoms with Crippen molar-refractivity contribution < 1.29 is 4.79 Å². The Balaban J connectivity index is 1.37. The zero-order valence-corrected chi connectivity index (χ0v) is 15.3. The predicted octanol–water partition coefficient (Wildman–Crippen LogP) is 2.85. The van der Waals surface area contributed by atoms with Gasteiger partial charge < -0.3 is 9.80 Å². The Hall–Kier alpha value is -0.810. The van der Waals surface area contributed by atoms with Crippen LogP contribution in [0.5, 0.6) is 0 Å². The van der Waals surface area contributed by atoms with Crippen LogP contribution in [0.3, 0.4) is 0 Å². The largest absolute Gasteiger partial charge is 0.336 e. The maximum absolute atomic E-state index is 12.7. The fourth-order valence-electron chi connectivity index (χ4n) is 4.42. The number of carbonyl (C=O) groups excluding carboxylic acids is 1. The molecule has 1 amide bonds. The fraction of sp³-hybridized carbons (Fsp3) is 0.611. The van der Waals surface area contributed by atoms with E-state index < -0.39 is 0 Å². The van der Waals surface area contributed by atoms with E-state index in [0.29, 0.717) is 21.7 Å². The molecular formula is C18H23Cl2N3O. The fourth-order valence-corrected chi connectivity index (χ4v) is 4.71. The molecule has 0 saturated carbocycles. The second-order valence-electron chi connectivity index (χ2n) is 7.16. The average molecular weight is 368 g/mol. The number of hydrogen-bond donors (Lipinski definition) is 0. The summed E-state index contributed by atoms with van der Waals surface area (Å²) in [6.07, 6.45) is 2.68. The minimum Gasteiger partial charge on any atom is -0.336 e. The number of benzene rings is 1. The highest BCUT2D eigenvalue weighted by Gasteiger charge is 2.38. The summed E-state index contributed by atoms with van der Waals surface area (Å²) in [6.45, 7) is 7.30. The van der Waals surface area contributed by atoms with Crippen LogP contribution in [0.2, 0.25) is 10.0 Å². The number of carbonyl (C=O) groups is 1. The molecule has 4 aliphatic heterocycles. The normalized spacial score (nSPS) is 30.6. The summed E-state index contributed by atoms with van der Waals surface area (Å²) >= 11 is 12.0. The van der Waals surface area contributed by atoms with Gasteiger partial charge in [0.15, 0.2) is 0 Å². The van der Waals surface area contributed by atoms with Crippen LogP contribution in [-0.2, 0) is 0 Å². The van der Waals surface area contributed by atoms with Crippen LogP contribution in [0.15, 0.2) is 18.2 Å². The Bertz CT molecular complexity index is 623. The monoisotopic (exact) mass is 367 g/mol. The molecule has 0 aromatic heterocycles. The van der Waals surface area contributed by atoms with E-state index in [-0.39, 0.29) is 5.91 Å². The van der Waals surface area contributed by atoms with Crippen molar-refractivity contribution in [2.24, 2.45) is 5.92 Å². The summed E-state index contributed by atoms with van der Waals surface area (Å²) in [7, 11) is 0. The second kappa shape index (κ2) is 6.83. The first-order chi connectivity index (χ1) is 11.6. The Morgan fingerprint density at radius 3 is 2.25 bits per heavy atom. The van der Waals surface area contributed by atoms with Crippen molar-refractivity contribution >= 4 is 29.1 Å². The summed E-state index contributed by atoms with van der Waals surface area (Å²) in [4.78, 5) is 19.8. The van der Waals surface area contributed by atoms with E-state index in [1.54, 1.807) is 18.2 Å². The van der Waals surface area contributed by atoms with Gasteiger partial charge in [-0.3, -0.25) is 9.69 Å². The topological polar surface area (TPSA) is 26.8 Å². The highest BCUT2D eigenvalue weighted by atomic mass is 35.5. The third-order valence-electron chi connectivity index (χ3n) is 5.86. The van der Waals surface area contributed by atoms with Gasteiger partial charge in [-0.05, 0) is 50.0 Å². The second-order valence-corrected chi connectivity index (χ2v) is 7.98. The lowest BCUT2D eigenvalue weighted by Gasteiger charge is -2.51. The zero-order chi connectivity index (χ0) is 16.7. The van der Waals surface area contributed by atoms with Gasteiger partial charge in [0, 0.05) is 44.3 Å². The first kappa shape index (κ1) is 16.6. The van der Waals surface area contributed by atoms with Gasteiger partial charge in [-0.2, -0.15) is 0 Å². The number of amides is 1. The van der Waals surface area contributed by atoms with Crippen LogP contribution in [-0.4, -0.2) is 72.5 Å². The van der Waals surface area contributed by atoms with Crippen LogP contribution in [0.1, 0.15) is 23.2 Å². The van der Waals surface area contributed by atoms with E-state index in [9.17, 15) is 4.79 Å². The number of rotatable bonds is 2. The number of halogens is 2. The number of fused-ring (bicyclic) bond motifs is 3. The molecule has 0 aliphatic carbocycles. The van der Waals surface area contributed by atoms with Crippen molar-refractivity contribution in [2.45, 2.75) is 18.9 Å². The number of piperazine rings is 1. The van der Waals surface area contributed by atoms with Gasteiger partial charge in [-0.15, -0.1) is 0 Å². The lowest BCUT2D eigenvalue weighted by atomic mass is 9.83. The van der Waals surface area contributed by atoms with Gasteiger partial charge in [0.05, 0.1) is 10.0 Å². The van der Waals surface area contributed by atoms with Crippen molar-refractivity contribution in [2.75, 3.05) is 45.8 Å². The van der Waals surface area contributed by atoms with Gasteiger partial charge in [0.1, 0.15) is 0 Å². The molecule has 2 bridgehead atoms. The van der Waals surface area contributed by atoms with E-state index in [1.807, 2.05) is 4.90 Å². The number of nitrogens with zero attached hydrogens (tertiary/aromatic N) is 3. The van der Waals surface area contributed by atoms with Crippen molar-refractivity contribution in [3.63, 3.8) is 0 Å². The molecule has 4 aliphatic rings. The molecule has 1 aromatic carbocycles. The molecule has 4 nitrogen and oxygen atoms in total. The van der Waals surface area contributed by atoms with Crippen molar-refractivity contribution in [3.8, 4) is 0 Å². The molecule has 5 rings (SSSR count). The summed E-state index contributed by atoms with van der Waals surface area (Å²) in [5, 5.41) is 0.925. The van der Waals surface area contributed by atoms with Crippen LogP contribution >= 0.6 is 23.2 Å². The summed E-state index contributed by atoms with van der Waals surface area (Å²) in [5.41, 5.74) is 0.626. The first-order valence-corrected chi connectivity index (χ1v) is 9.58. The molecule has 24 heavy (non-hydrogen) atoms. The van der Waals surface area contributed by atoms with Crippen molar-refractivity contribution in [1.82, 2.24) is 14.7 Å². The van der Waals surface area contributed by atoms with Crippen LogP contribution in [0.25, 0.3) is 0 Å². The smallest absolute Gasteiger partial charge is 0.253 e. The van der Waals surface area contributed by atoms with Crippen LogP contribution in [0.4, 0.5) is 0 Å². The van der Waals surface area contributed by atoms with Gasteiger partial charge >= 0.3 is 0 Å². The maximum Gasteiger partial charge on any atom is 0.253 e. The standard InChI is InChI=1S/C18H23Cl2N3O/c19-15-2-1-14(11-16(15)20)18(24)23-9-7-22(8-10-23)17-12-21-5-3-13(17)4-6-21/h1-2,11,13,17H,3-10,12H2/t17-/m0/s1. The molecule has 0 radical (unpaired) electrons. The zero-order valence-electron chi connectivity index (χ0n) is 13.8. The highest BCUT2D eigenvalue weighted by Crippen LogP contribution is 2.31. The van der Waals surface area contributed by atoms with E-state index >= 15 is 0 Å². The predicted molar refractivity (Wildman–Crippen MR) is 96.9 cm³/mol. The lowest BCUT2D eigenvalue weighted by Crippen LogP contribution is -2.61. The SMILES string of the molecule is O=C(c1ccc(Cl)c(Cl)c1)N1CCN([C@H]2CN3CCC2CC3)CC1. The van der Waals surface area contributed by atoms with Crippen LogP contribution < -0.4 is 0 Å². The van der Waals surface area contributed by atoms with E-state index in [2.05, 4.69) is 9.80 Å². The molecule has 0 unspecified atom stereocenters. The number of piperidine rings is 3. The highest BCUT2D eigenvalue weighted by molar-refractivity contribution is 6.42. The molecule has 0 spiro atoms. The molecule has 4 fully saturated rings. The van der Waals surface area contributed by atoms with E-state index in [0.717, 1.165) is 32.1 Å².